The highest BCUT2D eigenvalue weighted by Crippen LogP contribution is 2.29. The number of esters is 1. The molecule has 1 heterocycles. The Morgan fingerprint density at radius 1 is 1.24 bits per heavy atom. The first-order valence-electron chi connectivity index (χ1n) is 6.98. The maximum atomic E-state index is 12.1. The topological polar surface area (TPSA) is 43.4 Å². The highest BCUT2D eigenvalue weighted by Gasteiger charge is 2.13. The lowest BCUT2D eigenvalue weighted by Gasteiger charge is -2.02. The summed E-state index contributed by atoms with van der Waals surface area (Å²) in [5, 5.41) is 1.04. The zero-order chi connectivity index (χ0) is 15.2. The van der Waals surface area contributed by atoms with E-state index in [1.54, 1.807) is 0 Å². The fraction of sp³-hybridized carbons (Fsp3) is 0.375. The maximum absolute atomic E-state index is 12.1. The average molecular weight is 369 g/mol. The van der Waals surface area contributed by atoms with E-state index in [1.165, 1.54) is 11.3 Å². The fourth-order valence-electron chi connectivity index (χ4n) is 1.89. The molecule has 0 aliphatic heterocycles. The van der Waals surface area contributed by atoms with E-state index in [-0.39, 0.29) is 24.6 Å². The number of fused-ring (bicyclic) bond motifs is 1. The molecular weight excluding hydrogens is 352 g/mol. The minimum atomic E-state index is -0.291. The van der Waals surface area contributed by atoms with Crippen LogP contribution in [0, 0.1) is 0 Å². The molecule has 0 amide bonds. The SMILES string of the molecule is CCCCOC(=O)CCC(=O)c1cc2cc(Br)ccc2s1. The van der Waals surface area contributed by atoms with Crippen molar-refractivity contribution in [2.75, 3.05) is 6.61 Å². The van der Waals surface area contributed by atoms with Crippen LogP contribution in [-0.4, -0.2) is 18.4 Å². The largest absolute Gasteiger partial charge is 0.466 e. The van der Waals surface area contributed by atoms with Crippen LogP contribution >= 0.6 is 27.3 Å². The van der Waals surface area contributed by atoms with Crippen LogP contribution in [0.4, 0.5) is 0 Å². The number of ketones is 1. The predicted octanol–water partition coefficient (Wildman–Crippen LogP) is 4.97. The third-order valence-corrected chi connectivity index (χ3v) is 4.72. The van der Waals surface area contributed by atoms with Gasteiger partial charge in [0, 0.05) is 15.6 Å². The summed E-state index contributed by atoms with van der Waals surface area (Å²) in [7, 11) is 0. The average Bonchev–Trinajstić information content (AvgIpc) is 2.88. The molecule has 0 aliphatic rings. The van der Waals surface area contributed by atoms with Crippen molar-refractivity contribution in [1.82, 2.24) is 0 Å². The molecule has 1 aromatic heterocycles. The van der Waals surface area contributed by atoms with Gasteiger partial charge in [0.15, 0.2) is 5.78 Å². The van der Waals surface area contributed by atoms with Gasteiger partial charge in [0.05, 0.1) is 17.9 Å². The van der Waals surface area contributed by atoms with Gasteiger partial charge in [-0.3, -0.25) is 9.59 Å². The molecule has 0 saturated carbocycles. The van der Waals surface area contributed by atoms with Crippen LogP contribution in [0.1, 0.15) is 42.3 Å². The van der Waals surface area contributed by atoms with Crippen molar-refractivity contribution in [3.05, 3.63) is 33.6 Å². The molecule has 0 bridgehead atoms. The highest BCUT2D eigenvalue weighted by atomic mass is 79.9. The van der Waals surface area contributed by atoms with Crippen LogP contribution in [0.2, 0.25) is 0 Å². The molecule has 0 aliphatic carbocycles. The van der Waals surface area contributed by atoms with E-state index in [1.807, 2.05) is 31.2 Å². The highest BCUT2D eigenvalue weighted by molar-refractivity contribution is 9.10. The second-order valence-electron chi connectivity index (χ2n) is 4.79. The van der Waals surface area contributed by atoms with E-state index >= 15 is 0 Å². The van der Waals surface area contributed by atoms with Crippen molar-refractivity contribution in [1.29, 1.82) is 0 Å². The zero-order valence-electron chi connectivity index (χ0n) is 11.9. The summed E-state index contributed by atoms with van der Waals surface area (Å²) in [5.74, 6) is -0.291. The summed E-state index contributed by atoms with van der Waals surface area (Å²) >= 11 is 4.88. The summed E-state index contributed by atoms with van der Waals surface area (Å²) in [4.78, 5) is 24.3. The van der Waals surface area contributed by atoms with Gasteiger partial charge in [-0.25, -0.2) is 0 Å². The van der Waals surface area contributed by atoms with E-state index in [0.717, 1.165) is 27.4 Å². The first-order valence-corrected chi connectivity index (χ1v) is 8.59. The summed E-state index contributed by atoms with van der Waals surface area (Å²) in [6.45, 7) is 2.48. The van der Waals surface area contributed by atoms with Crippen LogP contribution in [0.15, 0.2) is 28.7 Å². The second kappa shape index (κ2) is 7.71. The molecule has 0 radical (unpaired) electrons. The number of Topliss-reactive ketones (excluding diaryl/α,β-unsaturated/α-hetero) is 1. The van der Waals surface area contributed by atoms with Crippen molar-refractivity contribution >= 4 is 49.1 Å². The molecule has 5 heteroatoms. The monoisotopic (exact) mass is 368 g/mol. The molecule has 0 unspecified atom stereocenters. The van der Waals surface area contributed by atoms with Crippen LogP contribution in [-0.2, 0) is 9.53 Å². The molecule has 21 heavy (non-hydrogen) atoms. The molecule has 0 saturated heterocycles. The van der Waals surface area contributed by atoms with E-state index in [9.17, 15) is 9.59 Å². The Balaban J connectivity index is 1.91. The van der Waals surface area contributed by atoms with Gasteiger partial charge in [0.25, 0.3) is 0 Å². The van der Waals surface area contributed by atoms with Gasteiger partial charge >= 0.3 is 5.97 Å². The molecule has 0 atom stereocenters. The molecule has 0 fully saturated rings. The summed E-state index contributed by atoms with van der Waals surface area (Å²) < 4.78 is 7.12. The number of halogens is 1. The Morgan fingerprint density at radius 2 is 2.05 bits per heavy atom. The number of benzene rings is 1. The molecule has 112 valence electrons. The lowest BCUT2D eigenvalue weighted by Crippen LogP contribution is -2.08. The van der Waals surface area contributed by atoms with E-state index in [2.05, 4.69) is 15.9 Å². The van der Waals surface area contributed by atoms with Gasteiger partial charge in [0.2, 0.25) is 0 Å². The Morgan fingerprint density at radius 3 is 2.81 bits per heavy atom. The van der Waals surface area contributed by atoms with Crippen LogP contribution in [0.5, 0.6) is 0 Å². The van der Waals surface area contributed by atoms with Crippen molar-refractivity contribution in [2.45, 2.75) is 32.6 Å². The standard InChI is InChI=1S/C16H17BrO3S/c1-2-3-8-20-16(19)7-5-13(18)15-10-11-9-12(17)4-6-14(11)21-15/h4,6,9-10H,2-3,5,7-8H2,1H3. The number of carbonyl (C=O) groups is 2. The number of rotatable bonds is 7. The Bertz CT molecular complexity index is 648. The molecule has 3 nitrogen and oxygen atoms in total. The minimum absolute atomic E-state index is 0.000219. The third-order valence-electron chi connectivity index (χ3n) is 3.07. The van der Waals surface area contributed by atoms with Crippen LogP contribution in [0.25, 0.3) is 10.1 Å². The van der Waals surface area contributed by atoms with Gasteiger partial charge in [-0.15, -0.1) is 11.3 Å². The van der Waals surface area contributed by atoms with Gasteiger partial charge in [-0.05, 0) is 36.1 Å². The maximum Gasteiger partial charge on any atom is 0.306 e. The Kier molecular flexibility index (Phi) is 5.94. The lowest BCUT2D eigenvalue weighted by molar-refractivity contribution is -0.143. The van der Waals surface area contributed by atoms with E-state index in [4.69, 9.17) is 4.74 Å². The first-order chi connectivity index (χ1) is 10.1. The minimum Gasteiger partial charge on any atom is -0.466 e. The number of hydrogen-bond donors (Lipinski definition) is 0. The summed E-state index contributed by atoms with van der Waals surface area (Å²) in [5.41, 5.74) is 0. The second-order valence-corrected chi connectivity index (χ2v) is 6.79. The fourth-order valence-corrected chi connectivity index (χ4v) is 3.28. The van der Waals surface area contributed by atoms with Crippen molar-refractivity contribution in [2.24, 2.45) is 0 Å². The van der Waals surface area contributed by atoms with E-state index in [0.29, 0.717) is 11.5 Å². The third kappa shape index (κ3) is 4.64. The Labute approximate surface area is 136 Å². The number of thiophene rings is 1. The Hall–Kier alpha value is -1.20. The van der Waals surface area contributed by atoms with Gasteiger partial charge in [0.1, 0.15) is 0 Å². The van der Waals surface area contributed by atoms with E-state index < -0.39 is 0 Å². The summed E-state index contributed by atoms with van der Waals surface area (Å²) in [6.07, 6.45) is 2.22. The number of hydrogen-bond acceptors (Lipinski definition) is 4. The molecule has 1 aromatic carbocycles. The first kappa shape index (κ1) is 16.2. The molecule has 0 spiro atoms. The normalized spacial score (nSPS) is 10.8. The van der Waals surface area contributed by atoms with Gasteiger partial charge in [-0.1, -0.05) is 29.3 Å². The van der Waals surface area contributed by atoms with Crippen molar-refractivity contribution in [3.63, 3.8) is 0 Å². The molecule has 2 rings (SSSR count). The number of carbonyl (C=O) groups excluding carboxylic acids is 2. The predicted molar refractivity (Wildman–Crippen MR) is 89.0 cm³/mol. The van der Waals surface area contributed by atoms with Crippen LogP contribution in [0.3, 0.4) is 0 Å². The molecular formula is C16H17BrO3S. The summed E-state index contributed by atoms with van der Waals surface area (Å²) in [6, 6.07) is 7.81. The number of ether oxygens (including phenoxy) is 1. The van der Waals surface area contributed by atoms with Crippen molar-refractivity contribution < 1.29 is 14.3 Å². The lowest BCUT2D eigenvalue weighted by atomic mass is 10.1. The number of unbranched alkanes of at least 4 members (excludes halogenated alkanes) is 1. The smallest absolute Gasteiger partial charge is 0.306 e. The van der Waals surface area contributed by atoms with Crippen molar-refractivity contribution in [3.8, 4) is 0 Å². The van der Waals surface area contributed by atoms with Gasteiger partial charge < -0.3 is 4.74 Å². The van der Waals surface area contributed by atoms with Crippen LogP contribution < -0.4 is 0 Å². The molecule has 0 N–H and O–H groups in total. The van der Waals surface area contributed by atoms with Gasteiger partial charge in [-0.2, -0.15) is 0 Å². The molecule has 2 aromatic rings. The zero-order valence-corrected chi connectivity index (χ0v) is 14.3. The quantitative estimate of drug-likeness (QED) is 0.393.